The number of halogens is 1. The van der Waals surface area contributed by atoms with Crippen molar-refractivity contribution in [3.05, 3.63) is 113 Å². The van der Waals surface area contributed by atoms with Crippen molar-refractivity contribution >= 4 is 12.0 Å². The third-order valence-electron chi connectivity index (χ3n) is 7.11. The first-order chi connectivity index (χ1) is 17.1. The Labute approximate surface area is 207 Å². The summed E-state index contributed by atoms with van der Waals surface area (Å²) in [5.41, 5.74) is 6.05. The SMILES string of the molecule is O=C(/C=C/c1cccc2c1CCN(CC1CC1)C2)N(CCc1ccc(F)cc1)Cc1ccccc1. The maximum Gasteiger partial charge on any atom is 0.246 e. The van der Waals surface area contributed by atoms with Crippen molar-refractivity contribution in [2.24, 2.45) is 5.92 Å². The average molecular weight is 469 g/mol. The number of fused-ring (bicyclic) bond motifs is 1. The molecule has 1 fully saturated rings. The fourth-order valence-electron chi connectivity index (χ4n) is 4.93. The molecule has 1 aliphatic heterocycles. The molecule has 0 N–H and O–H groups in total. The second-order valence-electron chi connectivity index (χ2n) is 9.87. The monoisotopic (exact) mass is 468 g/mol. The van der Waals surface area contributed by atoms with E-state index in [1.165, 1.54) is 42.6 Å². The van der Waals surface area contributed by atoms with Crippen molar-refractivity contribution in [3.8, 4) is 0 Å². The molecule has 0 aromatic heterocycles. The first-order valence-corrected chi connectivity index (χ1v) is 12.7. The summed E-state index contributed by atoms with van der Waals surface area (Å²) < 4.78 is 13.3. The number of carbonyl (C=O) groups excluding carboxylic acids is 1. The topological polar surface area (TPSA) is 23.6 Å². The van der Waals surface area contributed by atoms with E-state index >= 15 is 0 Å². The quantitative estimate of drug-likeness (QED) is 0.366. The van der Waals surface area contributed by atoms with Crippen LogP contribution in [-0.4, -0.2) is 35.3 Å². The lowest BCUT2D eigenvalue weighted by Gasteiger charge is -2.29. The molecule has 0 bridgehead atoms. The molecular formula is C31H33FN2O. The highest BCUT2D eigenvalue weighted by Crippen LogP contribution is 2.32. The molecule has 0 spiro atoms. The third-order valence-corrected chi connectivity index (χ3v) is 7.11. The fourth-order valence-corrected chi connectivity index (χ4v) is 4.93. The molecule has 3 aromatic carbocycles. The first kappa shape index (κ1) is 23.5. The summed E-state index contributed by atoms with van der Waals surface area (Å²) in [6.07, 6.45) is 8.20. The molecule has 0 saturated heterocycles. The lowest BCUT2D eigenvalue weighted by atomic mass is 9.94. The summed E-state index contributed by atoms with van der Waals surface area (Å²) in [5, 5.41) is 0. The second-order valence-corrected chi connectivity index (χ2v) is 9.87. The summed E-state index contributed by atoms with van der Waals surface area (Å²) in [4.78, 5) is 17.8. The maximum absolute atomic E-state index is 13.3. The van der Waals surface area contributed by atoms with Gasteiger partial charge in [0.25, 0.3) is 0 Å². The van der Waals surface area contributed by atoms with Crippen LogP contribution in [0.15, 0.2) is 78.9 Å². The molecule has 0 unspecified atom stereocenters. The van der Waals surface area contributed by atoms with Crippen LogP contribution in [0, 0.1) is 11.7 Å². The Balaban J connectivity index is 1.28. The van der Waals surface area contributed by atoms with Crippen molar-refractivity contribution < 1.29 is 9.18 Å². The highest BCUT2D eigenvalue weighted by Gasteiger charge is 2.26. The molecule has 1 amide bonds. The smallest absolute Gasteiger partial charge is 0.246 e. The van der Waals surface area contributed by atoms with Crippen LogP contribution in [0.5, 0.6) is 0 Å². The highest BCUT2D eigenvalue weighted by atomic mass is 19.1. The fraction of sp³-hybridized carbons (Fsp3) is 0.323. The van der Waals surface area contributed by atoms with Crippen LogP contribution in [0.2, 0.25) is 0 Å². The molecule has 1 heterocycles. The van der Waals surface area contributed by atoms with Crippen LogP contribution in [0.4, 0.5) is 4.39 Å². The Hall–Kier alpha value is -3.24. The number of rotatable bonds is 9. The summed E-state index contributed by atoms with van der Waals surface area (Å²) >= 11 is 0. The van der Waals surface area contributed by atoms with Gasteiger partial charge in [0.1, 0.15) is 5.82 Å². The lowest BCUT2D eigenvalue weighted by molar-refractivity contribution is -0.126. The summed E-state index contributed by atoms with van der Waals surface area (Å²) in [6, 6.07) is 23.1. The van der Waals surface area contributed by atoms with Gasteiger partial charge in [-0.15, -0.1) is 0 Å². The Morgan fingerprint density at radius 3 is 2.54 bits per heavy atom. The van der Waals surface area contributed by atoms with Gasteiger partial charge in [-0.1, -0.05) is 60.7 Å². The Kier molecular flexibility index (Phi) is 7.39. The van der Waals surface area contributed by atoms with Gasteiger partial charge < -0.3 is 4.90 Å². The van der Waals surface area contributed by atoms with Crippen molar-refractivity contribution in [2.45, 2.75) is 38.8 Å². The van der Waals surface area contributed by atoms with Crippen molar-refractivity contribution in [1.29, 1.82) is 0 Å². The van der Waals surface area contributed by atoms with Crippen LogP contribution in [-0.2, 0) is 30.7 Å². The molecular weight excluding hydrogens is 435 g/mol. The largest absolute Gasteiger partial charge is 0.335 e. The minimum Gasteiger partial charge on any atom is -0.335 e. The second kappa shape index (κ2) is 11.0. The zero-order chi connectivity index (χ0) is 24.0. The van der Waals surface area contributed by atoms with Gasteiger partial charge in [0.05, 0.1) is 0 Å². The van der Waals surface area contributed by atoms with Gasteiger partial charge in [0, 0.05) is 38.8 Å². The molecule has 180 valence electrons. The maximum atomic E-state index is 13.3. The van der Waals surface area contributed by atoms with E-state index in [4.69, 9.17) is 0 Å². The normalized spacial score (nSPS) is 15.8. The molecule has 35 heavy (non-hydrogen) atoms. The highest BCUT2D eigenvalue weighted by molar-refractivity contribution is 5.92. The predicted molar refractivity (Wildman–Crippen MR) is 139 cm³/mol. The van der Waals surface area contributed by atoms with Gasteiger partial charge in [-0.05, 0) is 77.6 Å². The predicted octanol–water partition coefficient (Wildman–Crippen LogP) is 5.88. The number of hydrogen-bond donors (Lipinski definition) is 0. The standard InChI is InChI=1S/C31H33FN2O/c32-29-14-11-24(12-15-29)17-20-34(22-25-5-2-1-3-6-25)31(35)16-13-27-7-4-8-28-23-33(19-18-30(27)28)21-26-9-10-26/h1-8,11-16,26H,9-10,17-23H2/b16-13+. The van der Waals surface area contributed by atoms with E-state index in [-0.39, 0.29) is 11.7 Å². The summed E-state index contributed by atoms with van der Waals surface area (Å²) in [5.74, 6) is 0.665. The van der Waals surface area contributed by atoms with Gasteiger partial charge >= 0.3 is 0 Å². The van der Waals surface area contributed by atoms with Crippen LogP contribution < -0.4 is 0 Å². The Morgan fingerprint density at radius 1 is 0.971 bits per heavy atom. The van der Waals surface area contributed by atoms with Crippen LogP contribution in [0.25, 0.3) is 6.08 Å². The van der Waals surface area contributed by atoms with Gasteiger partial charge in [-0.2, -0.15) is 0 Å². The molecule has 3 aromatic rings. The van der Waals surface area contributed by atoms with Crippen molar-refractivity contribution in [2.75, 3.05) is 19.6 Å². The lowest BCUT2D eigenvalue weighted by Crippen LogP contribution is -2.32. The van der Waals surface area contributed by atoms with E-state index in [1.807, 2.05) is 41.3 Å². The summed E-state index contributed by atoms with van der Waals surface area (Å²) in [6.45, 7) is 4.46. The Bertz CT molecular complexity index is 1170. The molecule has 4 heteroatoms. The van der Waals surface area contributed by atoms with E-state index in [0.29, 0.717) is 19.5 Å². The van der Waals surface area contributed by atoms with Gasteiger partial charge in [-0.3, -0.25) is 9.69 Å². The van der Waals surface area contributed by atoms with E-state index in [2.05, 4.69) is 23.1 Å². The van der Waals surface area contributed by atoms with E-state index < -0.39 is 0 Å². The molecule has 2 aliphatic rings. The molecule has 0 atom stereocenters. The minimum absolute atomic E-state index is 0.000243. The third kappa shape index (κ3) is 6.46. The molecule has 1 saturated carbocycles. The van der Waals surface area contributed by atoms with Crippen molar-refractivity contribution in [1.82, 2.24) is 9.80 Å². The molecule has 0 radical (unpaired) electrons. The van der Waals surface area contributed by atoms with Crippen LogP contribution >= 0.6 is 0 Å². The van der Waals surface area contributed by atoms with Crippen molar-refractivity contribution in [3.63, 3.8) is 0 Å². The zero-order valence-electron chi connectivity index (χ0n) is 20.2. The number of nitrogens with zero attached hydrogens (tertiary/aromatic N) is 2. The van der Waals surface area contributed by atoms with E-state index in [1.54, 1.807) is 18.2 Å². The minimum atomic E-state index is -0.240. The van der Waals surface area contributed by atoms with Crippen LogP contribution in [0.3, 0.4) is 0 Å². The Morgan fingerprint density at radius 2 is 1.77 bits per heavy atom. The molecule has 5 rings (SSSR count). The summed E-state index contributed by atoms with van der Waals surface area (Å²) in [7, 11) is 0. The van der Waals surface area contributed by atoms with Gasteiger partial charge in [-0.25, -0.2) is 4.39 Å². The first-order valence-electron chi connectivity index (χ1n) is 12.7. The van der Waals surface area contributed by atoms with Crippen LogP contribution in [0.1, 0.15) is 40.7 Å². The number of amides is 1. The number of benzene rings is 3. The zero-order valence-corrected chi connectivity index (χ0v) is 20.2. The van der Waals surface area contributed by atoms with Gasteiger partial charge in [0.2, 0.25) is 5.91 Å². The number of carbonyl (C=O) groups is 1. The number of hydrogen-bond acceptors (Lipinski definition) is 2. The van der Waals surface area contributed by atoms with Gasteiger partial charge in [0.15, 0.2) is 0 Å². The molecule has 3 nitrogen and oxygen atoms in total. The van der Waals surface area contributed by atoms with E-state index in [0.717, 1.165) is 42.1 Å². The molecule has 1 aliphatic carbocycles. The average Bonchev–Trinajstić information content (AvgIpc) is 3.70. The van der Waals surface area contributed by atoms with E-state index in [9.17, 15) is 9.18 Å².